The first kappa shape index (κ1) is 15.4. The van der Waals surface area contributed by atoms with Crippen molar-refractivity contribution < 1.29 is 0 Å². The molecule has 0 aromatic heterocycles. The molecule has 0 aliphatic rings. The summed E-state index contributed by atoms with van der Waals surface area (Å²) in [6.07, 6.45) is 0.873. The topological polar surface area (TPSA) is 26.0 Å². The molecule has 0 aliphatic carbocycles. The van der Waals surface area contributed by atoms with Crippen molar-refractivity contribution in [2.45, 2.75) is 26.2 Å². The molecule has 2 aromatic rings. The van der Waals surface area contributed by atoms with Crippen LogP contribution in [0.4, 0.5) is 0 Å². The molecular weight excluding hydrogens is 289 g/mol. The second-order valence-electron chi connectivity index (χ2n) is 5.25. The zero-order chi connectivity index (χ0) is 14.7. The predicted molar refractivity (Wildman–Crippen MR) is 87.9 cm³/mol. The largest absolute Gasteiger partial charge is 0.330 e. The summed E-state index contributed by atoms with van der Waals surface area (Å²) in [6, 6.07) is 12.3. The van der Waals surface area contributed by atoms with E-state index >= 15 is 0 Å². The fraction of sp³-hybridized carbons (Fsp3) is 0.294. The molecule has 0 saturated carbocycles. The van der Waals surface area contributed by atoms with Crippen molar-refractivity contribution in [3.63, 3.8) is 0 Å². The second kappa shape index (κ2) is 6.62. The van der Waals surface area contributed by atoms with E-state index in [2.05, 4.69) is 32.0 Å². The Balaban J connectivity index is 2.28. The van der Waals surface area contributed by atoms with Crippen molar-refractivity contribution in [2.24, 2.45) is 5.73 Å². The van der Waals surface area contributed by atoms with Crippen molar-refractivity contribution in [1.82, 2.24) is 0 Å². The van der Waals surface area contributed by atoms with Gasteiger partial charge in [-0.05, 0) is 55.6 Å². The van der Waals surface area contributed by atoms with Gasteiger partial charge in [0, 0.05) is 5.92 Å². The number of nitrogens with two attached hydrogens (primary N) is 1. The maximum Gasteiger partial charge on any atom is 0.0595 e. The number of halogens is 2. The van der Waals surface area contributed by atoms with Crippen molar-refractivity contribution >= 4 is 23.2 Å². The summed E-state index contributed by atoms with van der Waals surface area (Å²) in [5.41, 5.74) is 11.0. The van der Waals surface area contributed by atoms with E-state index in [1.807, 2.05) is 18.2 Å². The van der Waals surface area contributed by atoms with Crippen molar-refractivity contribution in [1.29, 1.82) is 0 Å². The number of rotatable bonds is 4. The fourth-order valence-corrected chi connectivity index (χ4v) is 2.79. The van der Waals surface area contributed by atoms with Gasteiger partial charge in [-0.1, -0.05) is 53.0 Å². The molecule has 0 spiro atoms. The Kier molecular flexibility index (Phi) is 5.09. The smallest absolute Gasteiger partial charge is 0.0595 e. The van der Waals surface area contributed by atoms with Gasteiger partial charge in [-0.25, -0.2) is 0 Å². The third kappa shape index (κ3) is 3.54. The molecular formula is C17H19Cl2N. The van der Waals surface area contributed by atoms with Gasteiger partial charge in [0.15, 0.2) is 0 Å². The first-order valence-electron chi connectivity index (χ1n) is 6.72. The molecule has 1 atom stereocenters. The maximum atomic E-state index is 6.08. The predicted octanol–water partition coefficient (Wildman–Crippen LogP) is 4.90. The van der Waals surface area contributed by atoms with E-state index in [1.54, 1.807) is 0 Å². The molecule has 0 radical (unpaired) electrons. The van der Waals surface area contributed by atoms with Crippen LogP contribution in [0, 0.1) is 13.8 Å². The van der Waals surface area contributed by atoms with Gasteiger partial charge in [-0.3, -0.25) is 0 Å². The van der Waals surface area contributed by atoms with Crippen LogP contribution in [0.1, 0.15) is 28.2 Å². The van der Waals surface area contributed by atoms with Gasteiger partial charge in [0.25, 0.3) is 0 Å². The van der Waals surface area contributed by atoms with E-state index in [4.69, 9.17) is 28.9 Å². The average molecular weight is 308 g/mol. The first-order valence-corrected chi connectivity index (χ1v) is 7.48. The molecule has 0 heterocycles. The molecule has 1 unspecified atom stereocenters. The SMILES string of the molecule is Cc1ccc(C)c(C(CN)Cc2ccc(Cl)c(Cl)c2)c1. The van der Waals surface area contributed by atoms with Crippen LogP contribution in [0.3, 0.4) is 0 Å². The minimum Gasteiger partial charge on any atom is -0.330 e. The minimum atomic E-state index is 0.298. The van der Waals surface area contributed by atoms with Gasteiger partial charge in [-0.2, -0.15) is 0 Å². The molecule has 106 valence electrons. The van der Waals surface area contributed by atoms with E-state index in [1.165, 1.54) is 16.7 Å². The summed E-state index contributed by atoms with van der Waals surface area (Å²) in [5, 5.41) is 1.19. The first-order chi connectivity index (χ1) is 9.51. The zero-order valence-corrected chi connectivity index (χ0v) is 13.3. The molecule has 1 nitrogen and oxygen atoms in total. The van der Waals surface area contributed by atoms with Crippen LogP contribution in [-0.4, -0.2) is 6.54 Å². The van der Waals surface area contributed by atoms with Crippen LogP contribution in [0.5, 0.6) is 0 Å². The number of benzene rings is 2. The molecule has 0 fully saturated rings. The lowest BCUT2D eigenvalue weighted by Crippen LogP contribution is -2.16. The molecule has 3 heteroatoms. The Hall–Kier alpha value is -1.02. The van der Waals surface area contributed by atoms with Crippen molar-refractivity contribution in [3.05, 3.63) is 68.7 Å². The highest BCUT2D eigenvalue weighted by Gasteiger charge is 2.14. The van der Waals surface area contributed by atoms with E-state index < -0.39 is 0 Å². The third-order valence-electron chi connectivity index (χ3n) is 3.63. The van der Waals surface area contributed by atoms with Crippen LogP contribution in [-0.2, 0) is 6.42 Å². The van der Waals surface area contributed by atoms with Crippen molar-refractivity contribution in [2.75, 3.05) is 6.54 Å². The second-order valence-corrected chi connectivity index (χ2v) is 6.06. The monoisotopic (exact) mass is 307 g/mol. The summed E-state index contributed by atoms with van der Waals surface area (Å²) in [4.78, 5) is 0. The fourth-order valence-electron chi connectivity index (χ4n) is 2.47. The quantitative estimate of drug-likeness (QED) is 0.854. The van der Waals surface area contributed by atoms with Crippen LogP contribution in [0.2, 0.25) is 10.0 Å². The standard InChI is InChI=1S/C17H19Cl2N/c1-11-3-4-12(2)15(7-11)14(10-20)8-13-5-6-16(18)17(19)9-13/h3-7,9,14H,8,10,20H2,1-2H3. The highest BCUT2D eigenvalue weighted by atomic mass is 35.5. The zero-order valence-electron chi connectivity index (χ0n) is 11.8. The molecule has 0 bridgehead atoms. The van der Waals surface area contributed by atoms with Gasteiger partial charge in [0.1, 0.15) is 0 Å². The minimum absolute atomic E-state index is 0.298. The Morgan fingerprint density at radius 2 is 1.75 bits per heavy atom. The molecule has 0 aliphatic heterocycles. The van der Waals surface area contributed by atoms with Gasteiger partial charge < -0.3 is 5.73 Å². The van der Waals surface area contributed by atoms with E-state index in [-0.39, 0.29) is 0 Å². The lowest BCUT2D eigenvalue weighted by atomic mass is 9.88. The van der Waals surface area contributed by atoms with Crippen molar-refractivity contribution in [3.8, 4) is 0 Å². The van der Waals surface area contributed by atoms with Gasteiger partial charge in [-0.15, -0.1) is 0 Å². The summed E-state index contributed by atoms with van der Waals surface area (Å²) in [6.45, 7) is 4.85. The molecule has 0 amide bonds. The highest BCUT2D eigenvalue weighted by molar-refractivity contribution is 6.42. The van der Waals surface area contributed by atoms with Gasteiger partial charge >= 0.3 is 0 Å². The average Bonchev–Trinajstić information content (AvgIpc) is 2.43. The molecule has 0 saturated heterocycles. The molecule has 2 N–H and O–H groups in total. The van der Waals surface area contributed by atoms with Gasteiger partial charge in [0.05, 0.1) is 10.0 Å². The Bertz CT molecular complexity index is 608. The van der Waals surface area contributed by atoms with Crippen LogP contribution < -0.4 is 5.73 Å². The summed E-state index contributed by atoms with van der Waals surface area (Å²) >= 11 is 12.0. The normalized spacial score (nSPS) is 12.4. The number of hydrogen-bond acceptors (Lipinski definition) is 1. The van der Waals surface area contributed by atoms with E-state index in [9.17, 15) is 0 Å². The summed E-state index contributed by atoms with van der Waals surface area (Å²) < 4.78 is 0. The van der Waals surface area contributed by atoms with Crippen LogP contribution >= 0.6 is 23.2 Å². The Labute approximate surface area is 130 Å². The molecule has 2 rings (SSSR count). The van der Waals surface area contributed by atoms with Crippen LogP contribution in [0.25, 0.3) is 0 Å². The van der Waals surface area contributed by atoms with E-state index in [0.29, 0.717) is 22.5 Å². The maximum absolute atomic E-state index is 6.08. The molecule has 2 aromatic carbocycles. The third-order valence-corrected chi connectivity index (χ3v) is 4.36. The summed E-state index contributed by atoms with van der Waals surface area (Å²) in [7, 11) is 0. The Morgan fingerprint density at radius 3 is 2.40 bits per heavy atom. The van der Waals surface area contributed by atoms with Crippen LogP contribution in [0.15, 0.2) is 36.4 Å². The number of hydrogen-bond donors (Lipinski definition) is 1. The summed E-state index contributed by atoms with van der Waals surface area (Å²) in [5.74, 6) is 0.298. The number of aryl methyl sites for hydroxylation is 2. The van der Waals surface area contributed by atoms with Gasteiger partial charge in [0.2, 0.25) is 0 Å². The highest BCUT2D eigenvalue weighted by Crippen LogP contribution is 2.28. The molecule has 20 heavy (non-hydrogen) atoms. The lowest BCUT2D eigenvalue weighted by Gasteiger charge is -2.19. The lowest BCUT2D eigenvalue weighted by molar-refractivity contribution is 0.689. The Morgan fingerprint density at radius 1 is 1.00 bits per heavy atom. The van der Waals surface area contributed by atoms with E-state index in [0.717, 1.165) is 12.0 Å².